The first kappa shape index (κ1) is 12.9. The smallest absolute Gasteiger partial charge is 0.212 e. The number of nitrogens with two attached hydrogens (primary N) is 1. The van der Waals surface area contributed by atoms with Crippen molar-refractivity contribution in [3.63, 3.8) is 0 Å². The van der Waals surface area contributed by atoms with Gasteiger partial charge in [-0.15, -0.1) is 0 Å². The van der Waals surface area contributed by atoms with Crippen LogP contribution in [0.3, 0.4) is 0 Å². The summed E-state index contributed by atoms with van der Waals surface area (Å²) < 4.78 is 24.6. The van der Waals surface area contributed by atoms with Crippen molar-refractivity contribution in [2.24, 2.45) is 5.73 Å². The van der Waals surface area contributed by atoms with E-state index in [9.17, 15) is 4.39 Å². The first-order valence-electron chi connectivity index (χ1n) is 6.41. The number of hydrogen-bond acceptors (Lipinski definition) is 4. The van der Waals surface area contributed by atoms with Crippen LogP contribution in [-0.2, 0) is 6.42 Å². The molecular weight excluding hydrogens is 259 g/mol. The minimum absolute atomic E-state index is 0.0863. The Hall–Kier alpha value is -2.14. The van der Waals surface area contributed by atoms with Gasteiger partial charge in [0.15, 0.2) is 0 Å². The van der Waals surface area contributed by atoms with E-state index in [1.807, 2.05) is 6.07 Å². The Morgan fingerprint density at radius 3 is 2.95 bits per heavy atom. The van der Waals surface area contributed by atoms with Crippen molar-refractivity contribution >= 4 is 0 Å². The molecule has 3 rings (SSSR count). The molecule has 0 aliphatic carbocycles. The zero-order valence-electron chi connectivity index (χ0n) is 11.1. The molecular formula is C15H15FN2O2. The van der Waals surface area contributed by atoms with Crippen molar-refractivity contribution in [1.29, 1.82) is 0 Å². The van der Waals surface area contributed by atoms with Crippen LogP contribution in [-0.4, -0.2) is 24.7 Å². The topological polar surface area (TPSA) is 57.4 Å². The Balaban J connectivity index is 2.05. The molecule has 1 aromatic carbocycles. The SMILES string of the molecule is COc1ccc(-c2cc(F)cc3c2OC(CN)C3)cn1. The molecule has 0 bridgehead atoms. The molecule has 1 aliphatic heterocycles. The molecule has 2 N–H and O–H groups in total. The molecule has 0 spiro atoms. The lowest BCUT2D eigenvalue weighted by Gasteiger charge is -2.11. The molecule has 0 amide bonds. The summed E-state index contributed by atoms with van der Waals surface area (Å²) in [6, 6.07) is 6.54. The fraction of sp³-hybridized carbons (Fsp3) is 0.267. The number of aromatic nitrogens is 1. The molecule has 2 aromatic rings. The molecule has 0 fully saturated rings. The molecule has 2 heterocycles. The Bertz CT molecular complexity index is 629. The van der Waals surface area contributed by atoms with Crippen molar-refractivity contribution < 1.29 is 13.9 Å². The van der Waals surface area contributed by atoms with Gasteiger partial charge in [-0.2, -0.15) is 0 Å². The van der Waals surface area contributed by atoms with E-state index < -0.39 is 0 Å². The Morgan fingerprint density at radius 1 is 1.45 bits per heavy atom. The maximum Gasteiger partial charge on any atom is 0.212 e. The first-order chi connectivity index (χ1) is 9.71. The van der Waals surface area contributed by atoms with Crippen molar-refractivity contribution in [3.05, 3.63) is 41.8 Å². The van der Waals surface area contributed by atoms with E-state index in [0.717, 1.165) is 11.1 Å². The number of fused-ring (bicyclic) bond motifs is 1. The monoisotopic (exact) mass is 274 g/mol. The molecule has 20 heavy (non-hydrogen) atoms. The Morgan fingerprint density at radius 2 is 2.30 bits per heavy atom. The molecule has 1 aliphatic rings. The molecule has 5 heteroatoms. The maximum atomic E-state index is 13.8. The Labute approximate surface area is 116 Å². The number of ether oxygens (including phenoxy) is 2. The second-order valence-corrected chi connectivity index (χ2v) is 4.71. The lowest BCUT2D eigenvalue weighted by atomic mass is 10.0. The van der Waals surface area contributed by atoms with Gasteiger partial charge in [0.1, 0.15) is 17.7 Å². The predicted molar refractivity (Wildman–Crippen MR) is 73.4 cm³/mol. The van der Waals surface area contributed by atoms with E-state index in [1.54, 1.807) is 19.4 Å². The van der Waals surface area contributed by atoms with Gasteiger partial charge in [0.2, 0.25) is 5.88 Å². The van der Waals surface area contributed by atoms with Gasteiger partial charge in [0.05, 0.1) is 7.11 Å². The van der Waals surface area contributed by atoms with Gasteiger partial charge in [-0.3, -0.25) is 0 Å². The van der Waals surface area contributed by atoms with Crippen molar-refractivity contribution in [2.45, 2.75) is 12.5 Å². The summed E-state index contributed by atoms with van der Waals surface area (Å²) in [4.78, 5) is 4.14. The van der Waals surface area contributed by atoms with Crippen LogP contribution in [0.2, 0.25) is 0 Å². The number of nitrogens with zero attached hydrogens (tertiary/aromatic N) is 1. The van der Waals surface area contributed by atoms with Crippen LogP contribution in [0.15, 0.2) is 30.5 Å². The minimum Gasteiger partial charge on any atom is -0.488 e. The lowest BCUT2D eigenvalue weighted by Crippen LogP contribution is -2.24. The van der Waals surface area contributed by atoms with Gasteiger partial charge in [0, 0.05) is 41.9 Å². The van der Waals surface area contributed by atoms with Gasteiger partial charge in [-0.1, -0.05) is 0 Å². The average Bonchev–Trinajstić information content (AvgIpc) is 2.89. The number of hydrogen-bond donors (Lipinski definition) is 1. The third-order valence-electron chi connectivity index (χ3n) is 3.38. The number of halogens is 1. The highest BCUT2D eigenvalue weighted by Gasteiger charge is 2.26. The summed E-state index contributed by atoms with van der Waals surface area (Å²) >= 11 is 0. The van der Waals surface area contributed by atoms with Crippen molar-refractivity contribution in [1.82, 2.24) is 4.98 Å². The maximum absolute atomic E-state index is 13.8. The Kier molecular flexibility index (Phi) is 3.28. The number of benzene rings is 1. The standard InChI is InChI=1S/C15H15FN2O2/c1-19-14-3-2-9(8-18-14)13-6-11(16)4-10-5-12(7-17)20-15(10)13/h2-4,6,8,12H,5,7,17H2,1H3. The second kappa shape index (κ2) is 5.09. The molecule has 1 unspecified atom stereocenters. The minimum atomic E-state index is -0.282. The van der Waals surface area contributed by atoms with Crippen molar-refractivity contribution in [2.75, 3.05) is 13.7 Å². The number of methoxy groups -OCH3 is 1. The fourth-order valence-corrected chi connectivity index (χ4v) is 2.40. The summed E-state index contributed by atoms with van der Waals surface area (Å²) in [6.07, 6.45) is 2.20. The summed E-state index contributed by atoms with van der Waals surface area (Å²) in [5, 5.41) is 0. The molecule has 1 aromatic heterocycles. The van der Waals surface area contributed by atoms with Crippen LogP contribution in [0.25, 0.3) is 11.1 Å². The van der Waals surface area contributed by atoms with Crippen molar-refractivity contribution in [3.8, 4) is 22.8 Å². The molecule has 1 atom stereocenters. The molecule has 0 radical (unpaired) electrons. The quantitative estimate of drug-likeness (QED) is 0.931. The van der Waals surface area contributed by atoms with Gasteiger partial charge < -0.3 is 15.2 Å². The summed E-state index contributed by atoms with van der Waals surface area (Å²) in [5.74, 6) is 0.937. The summed E-state index contributed by atoms with van der Waals surface area (Å²) in [7, 11) is 1.55. The zero-order valence-corrected chi connectivity index (χ0v) is 11.1. The first-order valence-corrected chi connectivity index (χ1v) is 6.41. The number of pyridine rings is 1. The van der Waals surface area contributed by atoms with E-state index in [2.05, 4.69) is 4.98 Å². The third kappa shape index (κ3) is 2.20. The summed E-state index contributed by atoms with van der Waals surface area (Å²) in [5.41, 5.74) is 7.97. The van der Waals surface area contributed by atoms with Gasteiger partial charge in [0.25, 0.3) is 0 Å². The third-order valence-corrected chi connectivity index (χ3v) is 3.38. The normalized spacial score (nSPS) is 16.6. The summed E-state index contributed by atoms with van der Waals surface area (Å²) in [6.45, 7) is 0.413. The molecule has 104 valence electrons. The van der Waals surface area contributed by atoms with E-state index in [-0.39, 0.29) is 11.9 Å². The molecule has 4 nitrogen and oxygen atoms in total. The molecule has 0 saturated carbocycles. The predicted octanol–water partition coefficient (Wildman–Crippen LogP) is 2.16. The van der Waals surface area contributed by atoms with Crippen LogP contribution in [0.1, 0.15) is 5.56 Å². The van der Waals surface area contributed by atoms with E-state index >= 15 is 0 Å². The molecule has 0 saturated heterocycles. The van der Waals surface area contributed by atoms with Gasteiger partial charge >= 0.3 is 0 Å². The van der Waals surface area contributed by atoms with E-state index in [1.165, 1.54) is 12.1 Å². The van der Waals surface area contributed by atoms with Crippen LogP contribution in [0, 0.1) is 5.82 Å². The zero-order chi connectivity index (χ0) is 14.1. The number of rotatable bonds is 3. The van der Waals surface area contributed by atoms with Crippen LogP contribution in [0.5, 0.6) is 11.6 Å². The lowest BCUT2D eigenvalue weighted by molar-refractivity contribution is 0.242. The van der Waals surface area contributed by atoms with Crippen LogP contribution >= 0.6 is 0 Å². The highest BCUT2D eigenvalue weighted by Crippen LogP contribution is 2.39. The second-order valence-electron chi connectivity index (χ2n) is 4.71. The van der Waals surface area contributed by atoms with E-state index in [4.69, 9.17) is 15.2 Å². The van der Waals surface area contributed by atoms with Gasteiger partial charge in [-0.05, 0) is 18.2 Å². The van der Waals surface area contributed by atoms with Crippen LogP contribution in [0.4, 0.5) is 4.39 Å². The average molecular weight is 274 g/mol. The highest BCUT2D eigenvalue weighted by molar-refractivity contribution is 5.72. The van der Waals surface area contributed by atoms with Gasteiger partial charge in [-0.25, -0.2) is 9.37 Å². The fourth-order valence-electron chi connectivity index (χ4n) is 2.40. The largest absolute Gasteiger partial charge is 0.488 e. The van der Waals surface area contributed by atoms with Crippen LogP contribution < -0.4 is 15.2 Å². The van der Waals surface area contributed by atoms with E-state index in [0.29, 0.717) is 30.2 Å². The highest BCUT2D eigenvalue weighted by atomic mass is 19.1.